The van der Waals surface area contributed by atoms with Gasteiger partial charge in [-0.05, 0) is 44.9 Å². The number of esters is 1. The molecule has 0 fully saturated rings. The molecular weight excluding hydrogens is 436 g/mol. The van der Waals surface area contributed by atoms with Crippen molar-refractivity contribution in [1.82, 2.24) is 0 Å². The second-order valence-corrected chi connectivity index (χ2v) is 11.5. The van der Waals surface area contributed by atoms with E-state index < -0.39 is 17.3 Å². The van der Waals surface area contributed by atoms with Crippen LogP contribution in [0.5, 0.6) is 0 Å². The van der Waals surface area contributed by atoms with Crippen LogP contribution in [0.2, 0.25) is 0 Å². The van der Waals surface area contributed by atoms with E-state index in [0.29, 0.717) is 18.8 Å². The number of hydrogen-bond donors (Lipinski definition) is 1. The van der Waals surface area contributed by atoms with Gasteiger partial charge in [0.25, 0.3) is 0 Å². The summed E-state index contributed by atoms with van der Waals surface area (Å²) in [4.78, 5) is 24.8. The molecule has 0 spiro atoms. The molecule has 0 heterocycles. The van der Waals surface area contributed by atoms with Crippen LogP contribution >= 0.6 is 0 Å². The Morgan fingerprint density at radius 1 is 0.886 bits per heavy atom. The molecule has 0 saturated carbocycles. The fourth-order valence-corrected chi connectivity index (χ4v) is 5.37. The van der Waals surface area contributed by atoms with E-state index in [2.05, 4.69) is 20.8 Å². The Morgan fingerprint density at radius 3 is 1.83 bits per heavy atom. The summed E-state index contributed by atoms with van der Waals surface area (Å²) in [7, 11) is 0. The summed E-state index contributed by atoms with van der Waals surface area (Å²) in [6.45, 7) is 8.30. The summed E-state index contributed by atoms with van der Waals surface area (Å²) < 4.78 is 5.95. The maximum absolute atomic E-state index is 13.1. The topological polar surface area (TPSA) is 63.6 Å². The molecule has 3 atom stereocenters. The van der Waals surface area contributed by atoms with Crippen molar-refractivity contribution in [3.63, 3.8) is 0 Å². The third kappa shape index (κ3) is 13.5. The Labute approximate surface area is 216 Å². The number of carboxylic acid groups (broad SMARTS) is 1. The number of aliphatic carboxylic acids is 1. The molecule has 0 radical (unpaired) electrons. The first-order valence-corrected chi connectivity index (χ1v) is 14.9. The van der Waals surface area contributed by atoms with Gasteiger partial charge in [0.2, 0.25) is 0 Å². The lowest BCUT2D eigenvalue weighted by atomic mass is 9.71. The molecule has 4 nitrogen and oxygen atoms in total. The maximum atomic E-state index is 13.1. The van der Waals surface area contributed by atoms with Gasteiger partial charge in [-0.25, -0.2) is 0 Å². The highest BCUT2D eigenvalue weighted by Crippen LogP contribution is 2.38. The summed E-state index contributed by atoms with van der Waals surface area (Å²) in [5.41, 5.74) is -1.06. The average Bonchev–Trinajstić information content (AvgIpc) is 2.81. The minimum absolute atomic E-state index is 0.119. The smallest absolute Gasteiger partial charge is 0.316 e. The number of allylic oxidation sites excluding steroid dienone is 1. The van der Waals surface area contributed by atoms with Crippen molar-refractivity contribution < 1.29 is 19.4 Å². The largest absolute Gasteiger partial charge is 0.481 e. The number of hydrogen-bond acceptors (Lipinski definition) is 3. The van der Waals surface area contributed by atoms with E-state index in [-0.39, 0.29) is 12.1 Å². The molecular formula is C31H56O4. The highest BCUT2D eigenvalue weighted by atomic mass is 16.5. The Hall–Kier alpha value is -1.32. The summed E-state index contributed by atoms with van der Waals surface area (Å²) >= 11 is 0. The molecule has 35 heavy (non-hydrogen) atoms. The quantitative estimate of drug-likeness (QED) is 0.0985. The molecule has 1 N–H and O–H groups in total. The van der Waals surface area contributed by atoms with Crippen molar-refractivity contribution in [2.75, 3.05) is 0 Å². The van der Waals surface area contributed by atoms with Gasteiger partial charge in [0.15, 0.2) is 0 Å². The zero-order chi connectivity index (χ0) is 25.9. The Kier molecular flexibility index (Phi) is 17.1. The van der Waals surface area contributed by atoms with Crippen molar-refractivity contribution >= 4 is 11.9 Å². The van der Waals surface area contributed by atoms with Gasteiger partial charge >= 0.3 is 11.9 Å². The Morgan fingerprint density at radius 2 is 1.37 bits per heavy atom. The fraction of sp³-hybridized carbons (Fsp3) is 0.871. The van der Waals surface area contributed by atoms with Gasteiger partial charge in [0.1, 0.15) is 6.10 Å². The predicted octanol–water partition coefficient (Wildman–Crippen LogP) is 9.26. The van der Waals surface area contributed by atoms with E-state index in [9.17, 15) is 14.7 Å². The van der Waals surface area contributed by atoms with Crippen LogP contribution in [0.3, 0.4) is 0 Å². The third-order valence-electron chi connectivity index (χ3n) is 7.69. The number of unbranched alkanes of at least 4 members (excludes halogenated alkanes) is 14. The zero-order valence-electron chi connectivity index (χ0n) is 23.5. The average molecular weight is 493 g/mol. The van der Waals surface area contributed by atoms with Crippen molar-refractivity contribution in [2.24, 2.45) is 17.3 Å². The highest BCUT2D eigenvalue weighted by Gasteiger charge is 2.46. The molecule has 0 aromatic carbocycles. The lowest BCUT2D eigenvalue weighted by Gasteiger charge is -2.34. The standard InChI is InChI=1S/C31H56O4/c1-5-6-7-8-9-10-11-12-13-14-15-16-17-18-19-22-27(25-26(2)3)35-30(34)31(4)24-21-20-23-28(31)29(32)33/h21,24,26-28H,5-20,22-23,25H2,1-4H3,(H,32,33). The van der Waals surface area contributed by atoms with Gasteiger partial charge < -0.3 is 9.84 Å². The Bertz CT molecular complexity index is 597. The van der Waals surface area contributed by atoms with E-state index in [1.54, 1.807) is 13.0 Å². The summed E-state index contributed by atoms with van der Waals surface area (Å²) in [6.07, 6.45) is 26.5. The SMILES string of the molecule is CCCCCCCCCCCCCCCCCC(CC(C)C)OC(=O)C1(C)C=CCCC1C(=O)O. The molecule has 1 aliphatic rings. The summed E-state index contributed by atoms with van der Waals surface area (Å²) in [5, 5.41) is 9.61. The van der Waals surface area contributed by atoms with Crippen LogP contribution in [0.15, 0.2) is 12.2 Å². The van der Waals surface area contributed by atoms with Crippen LogP contribution in [0.1, 0.15) is 150 Å². The summed E-state index contributed by atoms with van der Waals surface area (Å²) in [6, 6.07) is 0. The molecule has 0 saturated heterocycles. The van der Waals surface area contributed by atoms with Crippen LogP contribution in [0.25, 0.3) is 0 Å². The van der Waals surface area contributed by atoms with Gasteiger partial charge in [-0.3, -0.25) is 9.59 Å². The molecule has 0 aromatic heterocycles. The second kappa shape index (κ2) is 18.9. The van der Waals surface area contributed by atoms with Crippen molar-refractivity contribution in [3.8, 4) is 0 Å². The molecule has 1 rings (SSSR count). The Balaban J connectivity index is 2.21. The minimum Gasteiger partial charge on any atom is -0.481 e. The lowest BCUT2D eigenvalue weighted by Crippen LogP contribution is -2.42. The number of carbonyl (C=O) groups is 2. The first-order chi connectivity index (χ1) is 16.8. The molecule has 204 valence electrons. The number of rotatable bonds is 21. The van der Waals surface area contributed by atoms with Crippen molar-refractivity contribution in [1.29, 1.82) is 0 Å². The highest BCUT2D eigenvalue weighted by molar-refractivity contribution is 5.86. The number of carbonyl (C=O) groups excluding carboxylic acids is 1. The lowest BCUT2D eigenvalue weighted by molar-refractivity contribution is -0.168. The molecule has 0 aromatic rings. The van der Waals surface area contributed by atoms with Gasteiger partial charge in [-0.2, -0.15) is 0 Å². The van der Waals surface area contributed by atoms with E-state index in [1.807, 2.05) is 6.08 Å². The van der Waals surface area contributed by atoms with Crippen LogP contribution in [0.4, 0.5) is 0 Å². The molecule has 0 aliphatic heterocycles. The predicted molar refractivity (Wildman–Crippen MR) is 146 cm³/mol. The van der Waals surface area contributed by atoms with Crippen LogP contribution in [-0.2, 0) is 14.3 Å². The van der Waals surface area contributed by atoms with Crippen LogP contribution in [0, 0.1) is 17.3 Å². The van der Waals surface area contributed by atoms with Gasteiger partial charge in [0, 0.05) is 0 Å². The van der Waals surface area contributed by atoms with Crippen LogP contribution < -0.4 is 0 Å². The molecule has 0 amide bonds. The minimum atomic E-state index is -1.06. The monoisotopic (exact) mass is 492 g/mol. The summed E-state index contributed by atoms with van der Waals surface area (Å²) in [5.74, 6) is -1.54. The first-order valence-electron chi connectivity index (χ1n) is 14.9. The normalized spacial score (nSPS) is 20.8. The van der Waals surface area contributed by atoms with E-state index in [0.717, 1.165) is 19.3 Å². The van der Waals surface area contributed by atoms with Crippen LogP contribution in [-0.4, -0.2) is 23.1 Å². The van der Waals surface area contributed by atoms with Gasteiger partial charge in [0.05, 0.1) is 11.3 Å². The molecule has 1 aliphatic carbocycles. The number of carboxylic acids is 1. The van der Waals surface area contributed by atoms with Crippen molar-refractivity contribution in [2.45, 2.75) is 156 Å². The zero-order valence-corrected chi connectivity index (χ0v) is 23.5. The molecule has 0 bridgehead atoms. The maximum Gasteiger partial charge on any atom is 0.316 e. The second-order valence-electron chi connectivity index (χ2n) is 11.5. The van der Waals surface area contributed by atoms with Crippen molar-refractivity contribution in [3.05, 3.63) is 12.2 Å². The fourth-order valence-electron chi connectivity index (χ4n) is 5.37. The van der Waals surface area contributed by atoms with E-state index in [4.69, 9.17) is 4.74 Å². The molecule has 3 unspecified atom stereocenters. The first kappa shape index (κ1) is 31.7. The van der Waals surface area contributed by atoms with E-state index in [1.165, 1.54) is 89.9 Å². The molecule has 4 heteroatoms. The van der Waals surface area contributed by atoms with E-state index >= 15 is 0 Å². The van der Waals surface area contributed by atoms with Gasteiger partial charge in [-0.15, -0.1) is 0 Å². The number of ether oxygens (including phenoxy) is 1. The third-order valence-corrected chi connectivity index (χ3v) is 7.69. The van der Waals surface area contributed by atoms with Gasteiger partial charge in [-0.1, -0.05) is 123 Å².